The quantitative estimate of drug-likeness (QED) is 0.857. The Bertz CT molecular complexity index is 545. The molecule has 2 unspecified atom stereocenters. The van der Waals surface area contributed by atoms with E-state index in [1.165, 1.54) is 12.1 Å². The number of carbonyl (C=O) groups excluding carboxylic acids is 1. The van der Waals surface area contributed by atoms with Crippen molar-refractivity contribution in [2.24, 2.45) is 11.7 Å². The summed E-state index contributed by atoms with van der Waals surface area (Å²) in [4.78, 5) is 14.5. The van der Waals surface area contributed by atoms with E-state index in [1.807, 2.05) is 0 Å². The maximum absolute atomic E-state index is 13.4. The van der Waals surface area contributed by atoms with Crippen molar-refractivity contribution in [3.8, 4) is 0 Å². The maximum Gasteiger partial charge on any atom is 0.247 e. The minimum atomic E-state index is -0.772. The average molecular weight is 276 g/mol. The van der Waals surface area contributed by atoms with Gasteiger partial charge in [-0.05, 0) is 42.9 Å². The topological polar surface area (TPSA) is 46.3 Å². The monoisotopic (exact) mass is 276 g/mol. The fraction of sp³-hybridized carbons (Fsp3) is 0.562. The molecule has 0 aromatic heterocycles. The molecule has 1 fully saturated rings. The fourth-order valence-electron chi connectivity index (χ4n) is 3.62. The van der Waals surface area contributed by atoms with Crippen LogP contribution in [0.3, 0.4) is 0 Å². The van der Waals surface area contributed by atoms with Gasteiger partial charge in [-0.2, -0.15) is 0 Å². The van der Waals surface area contributed by atoms with Gasteiger partial charge < -0.3 is 10.6 Å². The highest BCUT2D eigenvalue weighted by atomic mass is 19.1. The summed E-state index contributed by atoms with van der Waals surface area (Å²) in [7, 11) is 0. The molecule has 1 aliphatic heterocycles. The summed E-state index contributed by atoms with van der Waals surface area (Å²) >= 11 is 0. The Balaban J connectivity index is 1.88. The zero-order valence-corrected chi connectivity index (χ0v) is 11.9. The third kappa shape index (κ3) is 2.22. The highest BCUT2D eigenvalue weighted by molar-refractivity contribution is 6.01. The van der Waals surface area contributed by atoms with Crippen LogP contribution in [0.15, 0.2) is 18.2 Å². The number of halogens is 1. The third-order valence-corrected chi connectivity index (χ3v) is 4.65. The second-order valence-corrected chi connectivity index (χ2v) is 6.34. The lowest BCUT2D eigenvalue weighted by Crippen LogP contribution is -2.57. The summed E-state index contributed by atoms with van der Waals surface area (Å²) in [5, 5.41) is 0. The first-order chi connectivity index (χ1) is 9.49. The van der Waals surface area contributed by atoms with Gasteiger partial charge in [0.2, 0.25) is 5.91 Å². The first-order valence-electron chi connectivity index (χ1n) is 7.39. The Kier molecular flexibility index (Phi) is 3.28. The molecule has 0 saturated heterocycles. The van der Waals surface area contributed by atoms with Crippen molar-refractivity contribution < 1.29 is 9.18 Å². The Hall–Kier alpha value is -1.42. The molecule has 1 aromatic rings. The number of hydrogen-bond donors (Lipinski definition) is 1. The van der Waals surface area contributed by atoms with Crippen molar-refractivity contribution in [1.82, 2.24) is 0 Å². The van der Waals surface area contributed by atoms with E-state index in [4.69, 9.17) is 5.73 Å². The molecule has 3 rings (SSSR count). The molecule has 1 aliphatic carbocycles. The van der Waals surface area contributed by atoms with Crippen LogP contribution in [0.4, 0.5) is 10.1 Å². The molecule has 1 saturated carbocycles. The molecular weight excluding hydrogens is 255 g/mol. The number of hydrogen-bond acceptors (Lipinski definition) is 2. The van der Waals surface area contributed by atoms with Crippen LogP contribution in [0.5, 0.6) is 0 Å². The Labute approximate surface area is 118 Å². The van der Waals surface area contributed by atoms with Gasteiger partial charge in [0.1, 0.15) is 5.82 Å². The summed E-state index contributed by atoms with van der Waals surface area (Å²) in [5.41, 5.74) is 7.35. The van der Waals surface area contributed by atoms with E-state index in [0.29, 0.717) is 18.2 Å². The number of fused-ring (bicyclic) bond motifs is 1. The molecule has 2 N–H and O–H groups in total. The molecule has 0 bridgehead atoms. The van der Waals surface area contributed by atoms with Gasteiger partial charge in [-0.25, -0.2) is 4.39 Å². The summed E-state index contributed by atoms with van der Waals surface area (Å²) in [6, 6.07) is 4.67. The van der Waals surface area contributed by atoms with Crippen molar-refractivity contribution in [2.75, 3.05) is 11.4 Å². The van der Waals surface area contributed by atoms with Crippen molar-refractivity contribution in [3.63, 3.8) is 0 Å². The minimum absolute atomic E-state index is 0.0339. The lowest BCUT2D eigenvalue weighted by Gasteiger charge is -2.38. The zero-order chi connectivity index (χ0) is 14.3. The van der Waals surface area contributed by atoms with Crippen LogP contribution in [-0.4, -0.2) is 18.0 Å². The Morgan fingerprint density at radius 2 is 2.30 bits per heavy atom. The van der Waals surface area contributed by atoms with Crippen LogP contribution < -0.4 is 10.6 Å². The molecule has 2 atom stereocenters. The van der Waals surface area contributed by atoms with Crippen LogP contribution in [0, 0.1) is 11.7 Å². The maximum atomic E-state index is 13.4. The van der Waals surface area contributed by atoms with Crippen molar-refractivity contribution in [3.05, 3.63) is 29.6 Å². The standard InChI is InChI=1S/C16H21FN2O/c1-11-3-2-7-16(18,10-11)15(20)19-8-6-12-4-5-13(17)9-14(12)19/h4-5,9,11H,2-3,6-8,10,18H2,1H3. The minimum Gasteiger partial charge on any atom is -0.317 e. The van der Waals surface area contributed by atoms with Gasteiger partial charge in [0.25, 0.3) is 0 Å². The van der Waals surface area contributed by atoms with E-state index < -0.39 is 5.54 Å². The van der Waals surface area contributed by atoms with Crippen molar-refractivity contribution >= 4 is 11.6 Å². The molecule has 3 nitrogen and oxygen atoms in total. The van der Waals surface area contributed by atoms with Gasteiger partial charge in [-0.15, -0.1) is 0 Å². The average Bonchev–Trinajstić information content (AvgIpc) is 2.80. The van der Waals surface area contributed by atoms with Gasteiger partial charge >= 0.3 is 0 Å². The summed E-state index contributed by atoms with van der Waals surface area (Å²) < 4.78 is 13.4. The normalized spacial score (nSPS) is 29.4. The number of nitrogens with two attached hydrogens (primary N) is 1. The van der Waals surface area contributed by atoms with Crippen LogP contribution in [0.1, 0.15) is 38.2 Å². The molecule has 0 spiro atoms. The SMILES string of the molecule is CC1CCCC(N)(C(=O)N2CCc3ccc(F)cc32)C1. The summed E-state index contributed by atoms with van der Waals surface area (Å²) in [6.07, 6.45) is 4.38. The van der Waals surface area contributed by atoms with Crippen molar-refractivity contribution in [1.29, 1.82) is 0 Å². The number of amides is 1. The highest BCUT2D eigenvalue weighted by Gasteiger charge is 2.42. The third-order valence-electron chi connectivity index (χ3n) is 4.65. The number of carbonyl (C=O) groups is 1. The molecule has 1 aromatic carbocycles. The lowest BCUT2D eigenvalue weighted by molar-refractivity contribution is -0.125. The van der Waals surface area contributed by atoms with E-state index in [1.54, 1.807) is 11.0 Å². The Morgan fingerprint density at radius 1 is 1.50 bits per heavy atom. The molecule has 0 radical (unpaired) electrons. The van der Waals surface area contributed by atoms with E-state index in [9.17, 15) is 9.18 Å². The largest absolute Gasteiger partial charge is 0.317 e. The predicted molar refractivity (Wildman–Crippen MR) is 77.0 cm³/mol. The molecule has 1 heterocycles. The highest BCUT2D eigenvalue weighted by Crippen LogP contribution is 2.36. The van der Waals surface area contributed by atoms with Gasteiger partial charge in [-0.1, -0.05) is 25.8 Å². The smallest absolute Gasteiger partial charge is 0.247 e. The van der Waals surface area contributed by atoms with Crippen molar-refractivity contribution in [2.45, 2.75) is 44.6 Å². The molecule has 4 heteroatoms. The molecular formula is C16H21FN2O. The van der Waals surface area contributed by atoms with E-state index in [0.717, 1.165) is 37.7 Å². The zero-order valence-electron chi connectivity index (χ0n) is 11.9. The predicted octanol–water partition coefficient (Wildman–Crippen LogP) is 2.62. The van der Waals surface area contributed by atoms with Gasteiger partial charge in [0.15, 0.2) is 0 Å². The number of nitrogens with zero attached hydrogens (tertiary/aromatic N) is 1. The van der Waals surface area contributed by atoms with E-state index >= 15 is 0 Å². The van der Waals surface area contributed by atoms with Crippen LogP contribution in [0.25, 0.3) is 0 Å². The Morgan fingerprint density at radius 3 is 3.05 bits per heavy atom. The van der Waals surface area contributed by atoms with Crippen LogP contribution in [-0.2, 0) is 11.2 Å². The van der Waals surface area contributed by atoms with Crippen LogP contribution in [0.2, 0.25) is 0 Å². The summed E-state index contributed by atoms with van der Waals surface area (Å²) in [5.74, 6) is 0.146. The fourth-order valence-corrected chi connectivity index (χ4v) is 3.62. The van der Waals surface area contributed by atoms with Crippen LogP contribution >= 0.6 is 0 Å². The molecule has 20 heavy (non-hydrogen) atoms. The van der Waals surface area contributed by atoms with Gasteiger partial charge in [-0.3, -0.25) is 4.79 Å². The first kappa shape index (κ1) is 13.6. The lowest BCUT2D eigenvalue weighted by atomic mass is 9.76. The van der Waals surface area contributed by atoms with E-state index in [-0.39, 0.29) is 11.7 Å². The van der Waals surface area contributed by atoms with Gasteiger partial charge in [0.05, 0.1) is 5.54 Å². The molecule has 1 amide bonds. The van der Waals surface area contributed by atoms with Gasteiger partial charge in [0, 0.05) is 12.2 Å². The second kappa shape index (κ2) is 4.85. The second-order valence-electron chi connectivity index (χ2n) is 6.34. The van der Waals surface area contributed by atoms with E-state index in [2.05, 4.69) is 6.92 Å². The number of rotatable bonds is 1. The molecule has 2 aliphatic rings. The first-order valence-corrected chi connectivity index (χ1v) is 7.39. The molecule has 108 valence electrons. The summed E-state index contributed by atoms with van der Waals surface area (Å²) in [6.45, 7) is 2.76. The number of benzene rings is 1. The number of anilines is 1.